The molecule has 1 heterocycles. The first-order valence-corrected chi connectivity index (χ1v) is 5.84. The number of rotatable bonds is 4. The van der Waals surface area contributed by atoms with E-state index in [1.54, 1.807) is 0 Å². The minimum atomic E-state index is 0.837. The highest BCUT2D eigenvalue weighted by Crippen LogP contribution is 2.08. The molecule has 0 saturated heterocycles. The van der Waals surface area contributed by atoms with Crippen molar-refractivity contribution < 1.29 is 0 Å². The van der Waals surface area contributed by atoms with Crippen LogP contribution in [-0.4, -0.2) is 16.7 Å². The van der Waals surface area contributed by atoms with Crippen molar-refractivity contribution >= 4 is 5.82 Å². The van der Waals surface area contributed by atoms with E-state index in [9.17, 15) is 0 Å². The lowest BCUT2D eigenvalue weighted by molar-refractivity contribution is 0.941. The van der Waals surface area contributed by atoms with Crippen LogP contribution in [-0.2, 0) is 6.42 Å². The van der Waals surface area contributed by atoms with Gasteiger partial charge in [0.05, 0.1) is 5.69 Å². The summed E-state index contributed by atoms with van der Waals surface area (Å²) < 4.78 is 0. The third-order valence-corrected chi connectivity index (χ3v) is 2.76. The molecule has 0 amide bonds. The topological polar surface area (TPSA) is 37.8 Å². The van der Waals surface area contributed by atoms with Crippen molar-refractivity contribution in [3.63, 3.8) is 0 Å². The predicted molar refractivity (Wildman–Crippen MR) is 70.1 cm³/mol. The minimum Gasteiger partial charge on any atom is -0.368 e. The Bertz CT molecular complexity index is 477. The predicted octanol–water partition coefficient (Wildman–Crippen LogP) is 2.75. The van der Waals surface area contributed by atoms with Gasteiger partial charge in [-0.1, -0.05) is 24.3 Å². The molecule has 0 atom stereocenters. The van der Waals surface area contributed by atoms with Crippen molar-refractivity contribution in [1.82, 2.24) is 10.2 Å². The molecule has 2 aromatic rings. The van der Waals surface area contributed by atoms with Gasteiger partial charge in [-0.05, 0) is 43.5 Å². The summed E-state index contributed by atoms with van der Waals surface area (Å²) in [5.74, 6) is 0.837. The van der Waals surface area contributed by atoms with Crippen LogP contribution < -0.4 is 5.32 Å². The molecule has 0 unspecified atom stereocenters. The Hall–Kier alpha value is -1.90. The maximum Gasteiger partial charge on any atom is 0.148 e. The summed E-state index contributed by atoms with van der Waals surface area (Å²) in [4.78, 5) is 0. The first kappa shape index (κ1) is 11.6. The van der Waals surface area contributed by atoms with Crippen molar-refractivity contribution in [3.05, 3.63) is 53.2 Å². The molecule has 0 radical (unpaired) electrons. The van der Waals surface area contributed by atoms with Crippen LogP contribution in [0.1, 0.15) is 16.8 Å². The van der Waals surface area contributed by atoms with Crippen LogP contribution in [0, 0.1) is 13.8 Å². The average Bonchev–Trinajstić information content (AvgIpc) is 2.34. The second-order valence-electron chi connectivity index (χ2n) is 4.16. The molecule has 1 aromatic carbocycles. The SMILES string of the molecule is Cc1ccc(NCCc2ccccc2C)nn1. The maximum absolute atomic E-state index is 4.07. The zero-order valence-corrected chi connectivity index (χ0v) is 10.3. The quantitative estimate of drug-likeness (QED) is 0.872. The number of nitrogens with one attached hydrogen (secondary N) is 1. The van der Waals surface area contributed by atoms with E-state index in [0.717, 1.165) is 24.5 Å². The van der Waals surface area contributed by atoms with Crippen molar-refractivity contribution in [2.24, 2.45) is 0 Å². The average molecular weight is 227 g/mol. The molecule has 0 fully saturated rings. The standard InChI is InChI=1S/C14H17N3/c1-11-5-3-4-6-13(11)9-10-15-14-8-7-12(2)16-17-14/h3-8H,9-10H2,1-2H3,(H,15,17). The zero-order chi connectivity index (χ0) is 12.1. The van der Waals surface area contributed by atoms with Crippen LogP contribution in [0.5, 0.6) is 0 Å². The van der Waals surface area contributed by atoms with Gasteiger partial charge >= 0.3 is 0 Å². The molecule has 0 spiro atoms. The monoisotopic (exact) mass is 227 g/mol. The zero-order valence-electron chi connectivity index (χ0n) is 10.3. The Morgan fingerprint density at radius 1 is 1.00 bits per heavy atom. The largest absolute Gasteiger partial charge is 0.368 e. The van der Waals surface area contributed by atoms with Crippen LogP contribution in [0.15, 0.2) is 36.4 Å². The van der Waals surface area contributed by atoms with Gasteiger partial charge < -0.3 is 5.32 Å². The van der Waals surface area contributed by atoms with Gasteiger partial charge in [0.15, 0.2) is 0 Å². The first-order valence-electron chi connectivity index (χ1n) is 5.84. The van der Waals surface area contributed by atoms with Crippen molar-refractivity contribution in [2.75, 3.05) is 11.9 Å². The number of aromatic nitrogens is 2. The highest BCUT2D eigenvalue weighted by Gasteiger charge is 1.98. The molecule has 0 aliphatic heterocycles. The highest BCUT2D eigenvalue weighted by atomic mass is 15.2. The van der Waals surface area contributed by atoms with Crippen LogP contribution >= 0.6 is 0 Å². The van der Waals surface area contributed by atoms with Gasteiger partial charge in [0.1, 0.15) is 5.82 Å². The maximum atomic E-state index is 4.07. The number of hydrogen-bond acceptors (Lipinski definition) is 3. The molecule has 3 heteroatoms. The molecular weight excluding hydrogens is 210 g/mol. The lowest BCUT2D eigenvalue weighted by Crippen LogP contribution is -2.07. The molecule has 2 rings (SSSR count). The van der Waals surface area contributed by atoms with E-state index >= 15 is 0 Å². The number of benzene rings is 1. The van der Waals surface area contributed by atoms with Gasteiger partial charge in [-0.25, -0.2) is 0 Å². The summed E-state index contributed by atoms with van der Waals surface area (Å²) in [7, 11) is 0. The highest BCUT2D eigenvalue weighted by molar-refractivity contribution is 5.33. The first-order chi connectivity index (χ1) is 8.25. The molecule has 1 aromatic heterocycles. The summed E-state index contributed by atoms with van der Waals surface area (Å²) in [5.41, 5.74) is 3.65. The number of hydrogen-bond donors (Lipinski definition) is 1. The summed E-state index contributed by atoms with van der Waals surface area (Å²) in [6.45, 7) is 4.95. The lowest BCUT2D eigenvalue weighted by Gasteiger charge is -2.07. The summed E-state index contributed by atoms with van der Waals surface area (Å²) in [6, 6.07) is 12.4. The lowest BCUT2D eigenvalue weighted by atomic mass is 10.1. The molecule has 0 aliphatic carbocycles. The fourth-order valence-electron chi connectivity index (χ4n) is 1.71. The summed E-state index contributed by atoms with van der Waals surface area (Å²) in [5, 5.41) is 11.4. The summed E-state index contributed by atoms with van der Waals surface area (Å²) >= 11 is 0. The third kappa shape index (κ3) is 3.28. The molecule has 0 saturated carbocycles. The van der Waals surface area contributed by atoms with E-state index in [1.807, 2.05) is 19.1 Å². The fourth-order valence-corrected chi connectivity index (χ4v) is 1.71. The van der Waals surface area contributed by atoms with Crippen LogP contribution in [0.3, 0.4) is 0 Å². The Morgan fingerprint density at radius 2 is 1.82 bits per heavy atom. The number of anilines is 1. The van der Waals surface area contributed by atoms with Crippen molar-refractivity contribution in [1.29, 1.82) is 0 Å². The van der Waals surface area contributed by atoms with Gasteiger partial charge in [-0.3, -0.25) is 0 Å². The van der Waals surface area contributed by atoms with Gasteiger partial charge in [0, 0.05) is 6.54 Å². The van der Waals surface area contributed by atoms with E-state index in [0.29, 0.717) is 0 Å². The molecule has 1 N–H and O–H groups in total. The van der Waals surface area contributed by atoms with E-state index in [2.05, 4.69) is 46.7 Å². The smallest absolute Gasteiger partial charge is 0.148 e. The molecule has 88 valence electrons. The van der Waals surface area contributed by atoms with Gasteiger partial charge in [-0.2, -0.15) is 5.10 Å². The number of aryl methyl sites for hydroxylation is 2. The third-order valence-electron chi connectivity index (χ3n) is 2.76. The molecule has 0 aliphatic rings. The van der Waals surface area contributed by atoms with Crippen LogP contribution in [0.2, 0.25) is 0 Å². The van der Waals surface area contributed by atoms with E-state index in [4.69, 9.17) is 0 Å². The van der Waals surface area contributed by atoms with Crippen molar-refractivity contribution in [2.45, 2.75) is 20.3 Å². The molecule has 3 nitrogen and oxygen atoms in total. The minimum absolute atomic E-state index is 0.837. The van der Waals surface area contributed by atoms with E-state index in [-0.39, 0.29) is 0 Å². The van der Waals surface area contributed by atoms with Gasteiger partial charge in [0.25, 0.3) is 0 Å². The molecular formula is C14H17N3. The second-order valence-corrected chi connectivity index (χ2v) is 4.16. The molecule has 17 heavy (non-hydrogen) atoms. The number of nitrogens with zero attached hydrogens (tertiary/aromatic N) is 2. The Morgan fingerprint density at radius 3 is 2.53 bits per heavy atom. The van der Waals surface area contributed by atoms with Gasteiger partial charge in [0.2, 0.25) is 0 Å². The van der Waals surface area contributed by atoms with E-state index in [1.165, 1.54) is 11.1 Å². The summed E-state index contributed by atoms with van der Waals surface area (Å²) in [6.07, 6.45) is 1.00. The Kier molecular flexibility index (Phi) is 3.70. The van der Waals surface area contributed by atoms with Gasteiger partial charge in [-0.15, -0.1) is 5.10 Å². The molecule has 0 bridgehead atoms. The van der Waals surface area contributed by atoms with Crippen LogP contribution in [0.4, 0.5) is 5.82 Å². The second kappa shape index (κ2) is 5.43. The fraction of sp³-hybridized carbons (Fsp3) is 0.286. The normalized spacial score (nSPS) is 10.2. The van der Waals surface area contributed by atoms with Crippen LogP contribution in [0.25, 0.3) is 0 Å². The van der Waals surface area contributed by atoms with E-state index < -0.39 is 0 Å². The Balaban J connectivity index is 1.88. The Labute approximate surface area is 102 Å². The van der Waals surface area contributed by atoms with Crippen molar-refractivity contribution in [3.8, 4) is 0 Å².